The monoisotopic (exact) mass is 292 g/mol. The Morgan fingerprint density at radius 2 is 2.13 bits per heavy atom. The fourth-order valence-electron chi connectivity index (χ4n) is 2.15. The maximum atomic E-state index is 13.7. The summed E-state index contributed by atoms with van der Waals surface area (Å²) >= 11 is 9.26. The molecule has 0 radical (unpaired) electrons. The molecule has 2 rings (SSSR count). The van der Waals surface area contributed by atoms with Crippen LogP contribution in [0.3, 0.4) is 0 Å². The second-order valence-electron chi connectivity index (χ2n) is 3.98. The van der Waals surface area contributed by atoms with Gasteiger partial charge in [-0.25, -0.2) is 4.39 Å². The standard InChI is InChI=1S/C11H11BrClFO/c1-5-2-3-8(15)10-9(5)7(14)4-6(12)11(10)13/h4-5,8,15H,2-3H2,1H3/t5?,8-/m1/s1. The van der Waals surface area contributed by atoms with Crippen LogP contribution in [0.5, 0.6) is 0 Å². The van der Waals surface area contributed by atoms with Crippen LogP contribution in [0.4, 0.5) is 4.39 Å². The van der Waals surface area contributed by atoms with Crippen molar-refractivity contribution in [2.75, 3.05) is 0 Å². The van der Waals surface area contributed by atoms with Gasteiger partial charge in [0.05, 0.1) is 11.1 Å². The van der Waals surface area contributed by atoms with Gasteiger partial charge in [-0.1, -0.05) is 18.5 Å². The van der Waals surface area contributed by atoms with Gasteiger partial charge in [-0.2, -0.15) is 0 Å². The highest BCUT2D eigenvalue weighted by molar-refractivity contribution is 9.10. The summed E-state index contributed by atoms with van der Waals surface area (Å²) in [4.78, 5) is 0. The SMILES string of the molecule is CC1CC[C@@H](O)c2c(Cl)c(Br)cc(F)c21. The molecule has 0 fully saturated rings. The third kappa shape index (κ3) is 1.81. The van der Waals surface area contributed by atoms with Crippen molar-refractivity contribution in [3.8, 4) is 0 Å². The van der Waals surface area contributed by atoms with Crippen LogP contribution in [0.25, 0.3) is 0 Å². The van der Waals surface area contributed by atoms with E-state index < -0.39 is 6.10 Å². The average molecular weight is 294 g/mol. The van der Waals surface area contributed by atoms with Crippen LogP contribution in [-0.4, -0.2) is 5.11 Å². The van der Waals surface area contributed by atoms with E-state index in [1.807, 2.05) is 6.92 Å². The zero-order chi connectivity index (χ0) is 11.2. The third-order valence-electron chi connectivity index (χ3n) is 2.95. The van der Waals surface area contributed by atoms with Gasteiger partial charge in [0.25, 0.3) is 0 Å². The predicted octanol–water partition coefficient (Wildman–Crippen LogP) is 4.17. The molecule has 15 heavy (non-hydrogen) atoms. The van der Waals surface area contributed by atoms with Crippen molar-refractivity contribution in [1.29, 1.82) is 0 Å². The van der Waals surface area contributed by atoms with Crippen molar-refractivity contribution in [1.82, 2.24) is 0 Å². The Bertz CT molecular complexity index is 408. The lowest BCUT2D eigenvalue weighted by atomic mass is 9.82. The topological polar surface area (TPSA) is 20.2 Å². The molecule has 82 valence electrons. The Hall–Kier alpha value is -0.120. The fourth-order valence-corrected chi connectivity index (χ4v) is 2.85. The van der Waals surface area contributed by atoms with Crippen molar-refractivity contribution in [2.24, 2.45) is 0 Å². The van der Waals surface area contributed by atoms with Gasteiger partial charge in [0.1, 0.15) is 5.82 Å². The van der Waals surface area contributed by atoms with Crippen molar-refractivity contribution < 1.29 is 9.50 Å². The summed E-state index contributed by atoms with van der Waals surface area (Å²) in [5.74, 6) is -0.165. The summed E-state index contributed by atoms with van der Waals surface area (Å²) in [7, 11) is 0. The first kappa shape index (κ1) is 11.4. The number of benzene rings is 1. The Kier molecular flexibility index (Phi) is 3.06. The van der Waals surface area contributed by atoms with Crippen LogP contribution in [-0.2, 0) is 0 Å². The molecule has 0 saturated heterocycles. The van der Waals surface area contributed by atoms with E-state index in [4.69, 9.17) is 11.6 Å². The Morgan fingerprint density at radius 3 is 2.80 bits per heavy atom. The van der Waals surface area contributed by atoms with Crippen molar-refractivity contribution in [3.05, 3.63) is 32.5 Å². The quantitative estimate of drug-likeness (QED) is 0.712. The summed E-state index contributed by atoms with van der Waals surface area (Å²) in [5, 5.41) is 10.3. The molecule has 0 aliphatic heterocycles. The van der Waals surface area contributed by atoms with Gasteiger partial charge >= 0.3 is 0 Å². The summed E-state index contributed by atoms with van der Waals surface area (Å²) in [5.41, 5.74) is 1.13. The minimum absolute atomic E-state index is 0.119. The summed E-state index contributed by atoms with van der Waals surface area (Å²) in [6.07, 6.45) is 0.794. The molecule has 1 aromatic carbocycles. The van der Waals surface area contributed by atoms with Gasteiger partial charge in [0, 0.05) is 10.0 Å². The lowest BCUT2D eigenvalue weighted by Crippen LogP contribution is -2.15. The number of aliphatic hydroxyl groups is 1. The smallest absolute Gasteiger partial charge is 0.128 e. The summed E-state index contributed by atoms with van der Waals surface area (Å²) in [6.45, 7) is 1.96. The zero-order valence-electron chi connectivity index (χ0n) is 8.23. The summed E-state index contributed by atoms with van der Waals surface area (Å²) < 4.78 is 14.2. The summed E-state index contributed by atoms with van der Waals surface area (Å²) in [6, 6.07) is 1.37. The van der Waals surface area contributed by atoms with Crippen molar-refractivity contribution >= 4 is 27.5 Å². The fraction of sp³-hybridized carbons (Fsp3) is 0.455. The van der Waals surface area contributed by atoms with Crippen LogP contribution in [0.2, 0.25) is 5.02 Å². The van der Waals surface area contributed by atoms with E-state index in [9.17, 15) is 9.50 Å². The molecular formula is C11H11BrClFO. The maximum absolute atomic E-state index is 13.7. The molecule has 0 saturated carbocycles. The predicted molar refractivity (Wildman–Crippen MR) is 61.7 cm³/mol. The van der Waals surface area contributed by atoms with Crippen molar-refractivity contribution in [3.63, 3.8) is 0 Å². The van der Waals surface area contributed by atoms with Crippen LogP contribution in [0.15, 0.2) is 10.5 Å². The maximum Gasteiger partial charge on any atom is 0.128 e. The molecule has 1 N–H and O–H groups in total. The van der Waals surface area contributed by atoms with E-state index in [0.29, 0.717) is 27.0 Å². The molecule has 1 aromatic rings. The molecule has 4 heteroatoms. The van der Waals surface area contributed by atoms with E-state index in [0.717, 1.165) is 6.42 Å². The van der Waals surface area contributed by atoms with Crippen LogP contribution in [0, 0.1) is 5.82 Å². The molecule has 1 aliphatic rings. The number of hydrogen-bond donors (Lipinski definition) is 1. The lowest BCUT2D eigenvalue weighted by molar-refractivity contribution is 0.150. The van der Waals surface area contributed by atoms with E-state index in [2.05, 4.69) is 15.9 Å². The van der Waals surface area contributed by atoms with Gasteiger partial charge in [-0.3, -0.25) is 0 Å². The van der Waals surface area contributed by atoms with E-state index in [1.54, 1.807) is 0 Å². The minimum atomic E-state index is -0.643. The van der Waals surface area contributed by atoms with Gasteiger partial charge in [0.15, 0.2) is 0 Å². The highest BCUT2D eigenvalue weighted by Gasteiger charge is 2.29. The minimum Gasteiger partial charge on any atom is -0.388 e. The number of fused-ring (bicyclic) bond motifs is 1. The van der Waals surface area contributed by atoms with Gasteiger partial charge in [-0.05, 0) is 46.3 Å². The second-order valence-corrected chi connectivity index (χ2v) is 5.21. The Balaban J connectivity index is 2.71. The second kappa shape index (κ2) is 4.04. The largest absolute Gasteiger partial charge is 0.388 e. The van der Waals surface area contributed by atoms with Crippen molar-refractivity contribution in [2.45, 2.75) is 31.8 Å². The number of hydrogen-bond acceptors (Lipinski definition) is 1. The molecule has 1 aliphatic carbocycles. The molecule has 0 bridgehead atoms. The highest BCUT2D eigenvalue weighted by atomic mass is 79.9. The van der Waals surface area contributed by atoms with Crippen LogP contribution < -0.4 is 0 Å². The van der Waals surface area contributed by atoms with E-state index >= 15 is 0 Å². The third-order valence-corrected chi connectivity index (χ3v) is 4.21. The number of rotatable bonds is 0. The molecule has 1 nitrogen and oxygen atoms in total. The normalized spacial score (nSPS) is 25.1. The van der Waals surface area contributed by atoms with Crippen LogP contribution >= 0.6 is 27.5 Å². The number of halogens is 3. The molecule has 0 aromatic heterocycles. The lowest BCUT2D eigenvalue weighted by Gasteiger charge is -2.28. The molecule has 1 unspecified atom stereocenters. The van der Waals surface area contributed by atoms with Gasteiger partial charge < -0.3 is 5.11 Å². The van der Waals surface area contributed by atoms with Gasteiger partial charge in [-0.15, -0.1) is 0 Å². The average Bonchev–Trinajstić information content (AvgIpc) is 2.18. The first-order valence-electron chi connectivity index (χ1n) is 4.87. The highest BCUT2D eigenvalue weighted by Crippen LogP contribution is 2.44. The van der Waals surface area contributed by atoms with E-state index in [-0.39, 0.29) is 11.7 Å². The van der Waals surface area contributed by atoms with Gasteiger partial charge in [0.2, 0.25) is 0 Å². The van der Waals surface area contributed by atoms with Crippen LogP contribution in [0.1, 0.15) is 42.9 Å². The first-order valence-corrected chi connectivity index (χ1v) is 6.04. The number of aliphatic hydroxyl groups excluding tert-OH is 1. The zero-order valence-corrected chi connectivity index (χ0v) is 10.6. The first-order chi connectivity index (χ1) is 7.02. The van der Waals surface area contributed by atoms with E-state index in [1.165, 1.54) is 6.07 Å². The Morgan fingerprint density at radius 1 is 1.47 bits per heavy atom. The molecule has 0 heterocycles. The Labute approximate surface area is 101 Å². The molecule has 0 spiro atoms. The molecule has 2 atom stereocenters. The molecular weight excluding hydrogens is 282 g/mol. The molecule has 0 amide bonds.